The van der Waals surface area contributed by atoms with Gasteiger partial charge in [0.1, 0.15) is 0 Å². The summed E-state index contributed by atoms with van der Waals surface area (Å²) in [6, 6.07) is 0.364. The van der Waals surface area contributed by atoms with Crippen LogP contribution in [0.3, 0.4) is 0 Å². The third-order valence-corrected chi connectivity index (χ3v) is 3.12. The van der Waals surface area contributed by atoms with E-state index < -0.39 is 0 Å². The number of rotatable bonds is 2. The zero-order valence-electron chi connectivity index (χ0n) is 10.9. The van der Waals surface area contributed by atoms with E-state index in [1.807, 2.05) is 13.8 Å². The van der Waals surface area contributed by atoms with E-state index in [0.717, 1.165) is 30.8 Å². The molecule has 1 aromatic rings. The van der Waals surface area contributed by atoms with Gasteiger partial charge in [-0.2, -0.15) is 5.10 Å². The summed E-state index contributed by atoms with van der Waals surface area (Å²) in [5, 5.41) is 11.5. The first kappa shape index (κ1) is 12.2. The molecule has 2 heterocycles. The highest BCUT2D eigenvalue weighted by Crippen LogP contribution is 2.25. The largest absolute Gasteiger partial charge is 0.375 e. The fraction of sp³-hybridized carbons (Fsp3) is 0.750. The van der Waals surface area contributed by atoms with Crippen LogP contribution in [0.15, 0.2) is 0 Å². The molecule has 17 heavy (non-hydrogen) atoms. The van der Waals surface area contributed by atoms with E-state index in [1.165, 1.54) is 0 Å². The molecule has 0 aliphatic carbocycles. The third-order valence-electron chi connectivity index (χ3n) is 3.12. The summed E-state index contributed by atoms with van der Waals surface area (Å²) in [6.07, 6.45) is 1.95. The summed E-state index contributed by atoms with van der Waals surface area (Å²) in [7, 11) is 0. The van der Waals surface area contributed by atoms with Crippen molar-refractivity contribution in [3.63, 3.8) is 0 Å². The highest BCUT2D eigenvalue weighted by Gasteiger charge is 2.29. The van der Waals surface area contributed by atoms with Gasteiger partial charge < -0.3 is 10.1 Å². The topological polar surface area (TPSA) is 59.9 Å². The Morgan fingerprint density at radius 3 is 2.65 bits per heavy atom. The van der Waals surface area contributed by atoms with Gasteiger partial charge in [0.15, 0.2) is 0 Å². The Labute approximate surface area is 102 Å². The maximum Gasteiger partial charge on any atom is 0.243 e. The minimum atomic E-state index is -0.0664. The molecule has 0 aromatic carbocycles. The fourth-order valence-corrected chi connectivity index (χ4v) is 2.06. The molecule has 1 unspecified atom stereocenters. The molecule has 0 amide bonds. The minimum absolute atomic E-state index is 0.0664. The first-order valence-corrected chi connectivity index (χ1v) is 6.05. The molecule has 94 valence electrons. The van der Waals surface area contributed by atoms with E-state index in [-0.39, 0.29) is 5.60 Å². The maximum absolute atomic E-state index is 5.68. The average Bonchev–Trinajstić information content (AvgIpc) is 2.22. The molecule has 1 aliphatic rings. The zero-order chi connectivity index (χ0) is 12.5. The second-order valence-corrected chi connectivity index (χ2v) is 5.25. The van der Waals surface area contributed by atoms with Crippen LogP contribution in [0, 0.1) is 13.8 Å². The molecule has 1 aromatic heterocycles. The van der Waals surface area contributed by atoms with Gasteiger partial charge in [-0.15, -0.1) is 5.10 Å². The molecular formula is C12H20N4O. The van der Waals surface area contributed by atoms with E-state index in [9.17, 15) is 0 Å². The Bertz CT molecular complexity index is 405. The second kappa shape index (κ2) is 4.56. The van der Waals surface area contributed by atoms with Crippen LogP contribution < -0.4 is 5.32 Å². The molecule has 2 rings (SSSR count). The number of nitrogens with zero attached hydrogens (tertiary/aromatic N) is 3. The Hall–Kier alpha value is -1.23. The lowest BCUT2D eigenvalue weighted by Crippen LogP contribution is -2.40. The van der Waals surface area contributed by atoms with Crippen molar-refractivity contribution in [1.82, 2.24) is 15.2 Å². The lowest BCUT2D eigenvalue weighted by atomic mass is 9.94. The van der Waals surface area contributed by atoms with Crippen molar-refractivity contribution in [3.8, 4) is 0 Å². The number of hydrogen-bond donors (Lipinski definition) is 1. The van der Waals surface area contributed by atoms with Gasteiger partial charge in [-0.1, -0.05) is 0 Å². The molecule has 5 heteroatoms. The van der Waals surface area contributed by atoms with Gasteiger partial charge in [0.25, 0.3) is 0 Å². The van der Waals surface area contributed by atoms with Gasteiger partial charge in [-0.3, -0.25) is 0 Å². The van der Waals surface area contributed by atoms with Crippen LogP contribution in [0.2, 0.25) is 0 Å². The van der Waals surface area contributed by atoms with E-state index in [4.69, 9.17) is 4.74 Å². The van der Waals surface area contributed by atoms with Crippen LogP contribution in [-0.4, -0.2) is 33.4 Å². The van der Waals surface area contributed by atoms with Crippen molar-refractivity contribution in [3.05, 3.63) is 11.4 Å². The van der Waals surface area contributed by atoms with Crippen LogP contribution in [0.25, 0.3) is 0 Å². The fourth-order valence-electron chi connectivity index (χ4n) is 2.06. The zero-order valence-corrected chi connectivity index (χ0v) is 10.9. The third kappa shape index (κ3) is 3.12. The van der Waals surface area contributed by atoms with Gasteiger partial charge in [-0.05, 0) is 40.5 Å². The van der Waals surface area contributed by atoms with E-state index >= 15 is 0 Å². The standard InChI is InChI=1S/C12H20N4O/c1-8-9(2)15-16-11(13-8)14-10-5-6-17-12(3,4)7-10/h10H,5-7H2,1-4H3,(H,13,14,16). The van der Waals surface area contributed by atoms with Crippen LogP contribution in [0.5, 0.6) is 0 Å². The van der Waals surface area contributed by atoms with Crippen molar-refractivity contribution in [2.45, 2.75) is 52.2 Å². The monoisotopic (exact) mass is 236 g/mol. The number of anilines is 1. The van der Waals surface area contributed by atoms with E-state index in [0.29, 0.717) is 12.0 Å². The Kier molecular flexibility index (Phi) is 3.28. The van der Waals surface area contributed by atoms with Crippen LogP contribution >= 0.6 is 0 Å². The average molecular weight is 236 g/mol. The Morgan fingerprint density at radius 1 is 1.24 bits per heavy atom. The van der Waals surface area contributed by atoms with Gasteiger partial charge in [0, 0.05) is 12.6 Å². The molecule has 1 aliphatic heterocycles. The first-order valence-electron chi connectivity index (χ1n) is 6.05. The summed E-state index contributed by atoms with van der Waals surface area (Å²) in [5.41, 5.74) is 1.74. The normalized spacial score (nSPS) is 23.4. The SMILES string of the molecule is Cc1nnc(NC2CCOC(C)(C)C2)nc1C. The molecule has 1 N–H and O–H groups in total. The highest BCUT2D eigenvalue weighted by atomic mass is 16.5. The van der Waals surface area contributed by atoms with E-state index in [1.54, 1.807) is 0 Å². The smallest absolute Gasteiger partial charge is 0.243 e. The molecule has 0 bridgehead atoms. The Balaban J connectivity index is 2.03. The Morgan fingerprint density at radius 2 is 2.00 bits per heavy atom. The van der Waals surface area contributed by atoms with Gasteiger partial charge in [-0.25, -0.2) is 4.98 Å². The molecular weight excluding hydrogens is 216 g/mol. The summed E-state index contributed by atoms with van der Waals surface area (Å²) in [4.78, 5) is 4.39. The predicted octanol–water partition coefficient (Wildman–Crippen LogP) is 1.86. The second-order valence-electron chi connectivity index (χ2n) is 5.25. The number of hydrogen-bond acceptors (Lipinski definition) is 5. The molecule has 0 spiro atoms. The first-order chi connectivity index (χ1) is 7.96. The maximum atomic E-state index is 5.68. The van der Waals surface area contributed by atoms with Crippen LogP contribution in [-0.2, 0) is 4.74 Å². The van der Waals surface area contributed by atoms with Crippen molar-refractivity contribution in [2.75, 3.05) is 11.9 Å². The summed E-state index contributed by atoms with van der Waals surface area (Å²) < 4.78 is 5.68. The van der Waals surface area contributed by atoms with E-state index in [2.05, 4.69) is 34.3 Å². The molecule has 5 nitrogen and oxygen atoms in total. The lowest BCUT2D eigenvalue weighted by molar-refractivity contribution is -0.0554. The van der Waals surface area contributed by atoms with Crippen molar-refractivity contribution in [1.29, 1.82) is 0 Å². The van der Waals surface area contributed by atoms with Crippen molar-refractivity contribution >= 4 is 5.95 Å². The summed E-state index contributed by atoms with van der Waals surface area (Å²) in [6.45, 7) is 8.86. The van der Waals surface area contributed by atoms with Crippen molar-refractivity contribution < 1.29 is 4.74 Å². The predicted molar refractivity (Wildman–Crippen MR) is 66.0 cm³/mol. The van der Waals surface area contributed by atoms with Crippen molar-refractivity contribution in [2.24, 2.45) is 0 Å². The molecule has 0 saturated carbocycles. The number of ether oxygens (including phenoxy) is 1. The number of aromatic nitrogens is 3. The van der Waals surface area contributed by atoms with Gasteiger partial charge >= 0.3 is 0 Å². The molecule has 0 radical (unpaired) electrons. The molecule has 1 atom stereocenters. The summed E-state index contributed by atoms with van der Waals surface area (Å²) >= 11 is 0. The quantitative estimate of drug-likeness (QED) is 0.849. The molecule has 1 fully saturated rings. The van der Waals surface area contributed by atoms with Gasteiger partial charge in [0.05, 0.1) is 17.0 Å². The molecule has 1 saturated heterocycles. The highest BCUT2D eigenvalue weighted by molar-refractivity contribution is 5.26. The van der Waals surface area contributed by atoms with Crippen LogP contribution in [0.1, 0.15) is 38.1 Å². The number of nitrogens with one attached hydrogen (secondary N) is 1. The van der Waals surface area contributed by atoms with Gasteiger partial charge in [0.2, 0.25) is 5.95 Å². The lowest BCUT2D eigenvalue weighted by Gasteiger charge is -2.35. The minimum Gasteiger partial charge on any atom is -0.375 e. The number of aryl methyl sites for hydroxylation is 2. The summed E-state index contributed by atoms with van der Waals surface area (Å²) in [5.74, 6) is 0.621. The van der Waals surface area contributed by atoms with Crippen LogP contribution in [0.4, 0.5) is 5.95 Å².